The molecule has 0 aromatic carbocycles. The highest BCUT2D eigenvalue weighted by molar-refractivity contribution is 5.52. The molecule has 0 amide bonds. The van der Waals surface area contributed by atoms with Gasteiger partial charge in [-0.15, -0.1) is 0 Å². The van der Waals surface area contributed by atoms with Crippen LogP contribution in [0, 0.1) is 0 Å². The van der Waals surface area contributed by atoms with Crippen LogP contribution in [0.2, 0.25) is 0 Å². The average Bonchev–Trinajstić information content (AvgIpc) is 2.18. The normalized spacial score (nSPS) is 11.5. The van der Waals surface area contributed by atoms with E-state index in [-0.39, 0.29) is 0 Å². The van der Waals surface area contributed by atoms with E-state index in [1.807, 2.05) is 13.1 Å². The molecule has 1 rings (SSSR count). The first kappa shape index (κ1) is 11.0. The summed E-state index contributed by atoms with van der Waals surface area (Å²) in [6, 6.07) is 2.25. The van der Waals surface area contributed by atoms with Crippen molar-refractivity contribution >= 4 is 6.08 Å². The molecular formula is C13H19N. The molecule has 1 aromatic rings. The molecule has 0 spiro atoms. The lowest BCUT2D eigenvalue weighted by Crippen LogP contribution is -1.96. The Kier molecular flexibility index (Phi) is 3.87. The maximum Gasteiger partial charge on any atom is 0.0473 e. The van der Waals surface area contributed by atoms with E-state index in [9.17, 15) is 0 Å². The van der Waals surface area contributed by atoms with E-state index in [1.165, 1.54) is 16.8 Å². The fraction of sp³-hybridized carbons (Fsp3) is 0.462. The van der Waals surface area contributed by atoms with Gasteiger partial charge in [-0.05, 0) is 36.5 Å². The number of allylic oxidation sites excluding steroid dienone is 1. The van der Waals surface area contributed by atoms with Crippen LogP contribution in [0.5, 0.6) is 0 Å². The minimum atomic E-state index is 0.553. The summed E-state index contributed by atoms with van der Waals surface area (Å²) in [7, 11) is 0. The maximum atomic E-state index is 4.49. The number of hydrogen-bond donors (Lipinski definition) is 0. The Hall–Kier alpha value is -1.11. The second-order valence-electron chi connectivity index (χ2n) is 3.81. The zero-order chi connectivity index (χ0) is 10.6. The van der Waals surface area contributed by atoms with Crippen molar-refractivity contribution < 1.29 is 0 Å². The summed E-state index contributed by atoms with van der Waals surface area (Å²) in [5.74, 6) is 0.553. The molecule has 1 aromatic heterocycles. The van der Waals surface area contributed by atoms with E-state index >= 15 is 0 Å². The van der Waals surface area contributed by atoms with E-state index in [2.05, 4.69) is 44.0 Å². The second-order valence-corrected chi connectivity index (χ2v) is 3.81. The molecule has 0 saturated carbocycles. The number of nitrogens with zero attached hydrogens (tertiary/aromatic N) is 1. The van der Waals surface area contributed by atoms with Gasteiger partial charge < -0.3 is 0 Å². The Balaban J connectivity index is 3.13. The number of hydrogen-bond acceptors (Lipinski definition) is 1. The number of aromatic nitrogens is 1. The third-order valence-electron chi connectivity index (χ3n) is 2.37. The summed E-state index contributed by atoms with van der Waals surface area (Å²) in [5, 5.41) is 0. The first-order valence-corrected chi connectivity index (χ1v) is 5.30. The number of aryl methyl sites for hydroxylation is 1. The largest absolute Gasteiger partial charge is 0.260 e. The summed E-state index contributed by atoms with van der Waals surface area (Å²) in [6.45, 7) is 8.58. The molecule has 1 heteroatoms. The van der Waals surface area contributed by atoms with Gasteiger partial charge in [0.25, 0.3) is 0 Å². The Bertz CT molecular complexity index is 324. The van der Waals surface area contributed by atoms with Crippen LogP contribution in [0.25, 0.3) is 6.08 Å². The Labute approximate surface area is 86.9 Å². The zero-order valence-corrected chi connectivity index (χ0v) is 9.54. The van der Waals surface area contributed by atoms with Gasteiger partial charge in [-0.1, -0.05) is 32.9 Å². The lowest BCUT2D eigenvalue weighted by atomic mass is 10.0. The molecule has 76 valence electrons. The van der Waals surface area contributed by atoms with Gasteiger partial charge in [0.1, 0.15) is 0 Å². The fourth-order valence-corrected chi connectivity index (χ4v) is 1.46. The summed E-state index contributed by atoms with van der Waals surface area (Å²) >= 11 is 0. The van der Waals surface area contributed by atoms with Gasteiger partial charge in [0.2, 0.25) is 0 Å². The van der Waals surface area contributed by atoms with Crippen LogP contribution in [0.15, 0.2) is 18.3 Å². The molecular weight excluding hydrogens is 170 g/mol. The van der Waals surface area contributed by atoms with Crippen molar-refractivity contribution in [3.63, 3.8) is 0 Å². The fourth-order valence-electron chi connectivity index (χ4n) is 1.46. The first-order valence-electron chi connectivity index (χ1n) is 5.30. The molecule has 0 atom stereocenters. The minimum Gasteiger partial charge on any atom is -0.260 e. The van der Waals surface area contributed by atoms with Crippen LogP contribution in [0.4, 0.5) is 0 Å². The summed E-state index contributed by atoms with van der Waals surface area (Å²) in [4.78, 5) is 4.49. The van der Waals surface area contributed by atoms with E-state index < -0.39 is 0 Å². The predicted octanol–water partition coefficient (Wildman–Crippen LogP) is 3.80. The van der Waals surface area contributed by atoms with Gasteiger partial charge in [0.05, 0.1) is 0 Å². The van der Waals surface area contributed by atoms with Crippen LogP contribution in [0.1, 0.15) is 50.4 Å². The molecule has 1 heterocycles. The highest BCUT2D eigenvalue weighted by Gasteiger charge is 2.03. The van der Waals surface area contributed by atoms with Crippen molar-refractivity contribution in [2.45, 2.75) is 40.0 Å². The van der Waals surface area contributed by atoms with E-state index in [0.29, 0.717) is 5.92 Å². The molecule has 0 saturated heterocycles. The SMILES string of the molecule is C/C=C\c1cc(C(C)C)cnc1CC. The molecule has 0 bridgehead atoms. The van der Waals surface area contributed by atoms with Crippen molar-refractivity contribution in [3.05, 3.63) is 35.2 Å². The van der Waals surface area contributed by atoms with Crippen molar-refractivity contribution in [3.8, 4) is 0 Å². The predicted molar refractivity (Wildman–Crippen MR) is 62.4 cm³/mol. The Morgan fingerprint density at radius 2 is 2.14 bits per heavy atom. The van der Waals surface area contributed by atoms with Crippen molar-refractivity contribution in [1.29, 1.82) is 0 Å². The smallest absolute Gasteiger partial charge is 0.0473 e. The molecule has 0 N–H and O–H groups in total. The van der Waals surface area contributed by atoms with Crippen LogP contribution in [-0.2, 0) is 6.42 Å². The van der Waals surface area contributed by atoms with E-state index in [1.54, 1.807) is 0 Å². The summed E-state index contributed by atoms with van der Waals surface area (Å²) in [5.41, 5.74) is 3.77. The molecule has 14 heavy (non-hydrogen) atoms. The second kappa shape index (κ2) is 4.94. The zero-order valence-electron chi connectivity index (χ0n) is 9.54. The average molecular weight is 189 g/mol. The minimum absolute atomic E-state index is 0.553. The molecule has 1 nitrogen and oxygen atoms in total. The van der Waals surface area contributed by atoms with E-state index in [0.717, 1.165) is 6.42 Å². The first-order chi connectivity index (χ1) is 6.69. The molecule has 0 unspecified atom stereocenters. The van der Waals surface area contributed by atoms with Gasteiger partial charge >= 0.3 is 0 Å². The molecule has 0 aliphatic heterocycles. The monoisotopic (exact) mass is 189 g/mol. The molecule has 0 radical (unpaired) electrons. The van der Waals surface area contributed by atoms with Crippen LogP contribution in [0.3, 0.4) is 0 Å². The molecule has 0 fully saturated rings. The Morgan fingerprint density at radius 1 is 1.43 bits per heavy atom. The van der Waals surface area contributed by atoms with Crippen molar-refractivity contribution in [1.82, 2.24) is 4.98 Å². The third-order valence-corrected chi connectivity index (χ3v) is 2.37. The lowest BCUT2D eigenvalue weighted by molar-refractivity contribution is 0.850. The van der Waals surface area contributed by atoms with Gasteiger partial charge in [-0.25, -0.2) is 0 Å². The third kappa shape index (κ3) is 2.44. The lowest BCUT2D eigenvalue weighted by Gasteiger charge is -2.08. The summed E-state index contributed by atoms with van der Waals surface area (Å²) < 4.78 is 0. The van der Waals surface area contributed by atoms with Gasteiger partial charge in [-0.2, -0.15) is 0 Å². The maximum absolute atomic E-state index is 4.49. The highest BCUT2D eigenvalue weighted by atomic mass is 14.7. The van der Waals surface area contributed by atoms with Crippen LogP contribution >= 0.6 is 0 Å². The van der Waals surface area contributed by atoms with Gasteiger partial charge in [-0.3, -0.25) is 4.98 Å². The van der Waals surface area contributed by atoms with Gasteiger partial charge in [0, 0.05) is 11.9 Å². The van der Waals surface area contributed by atoms with Crippen LogP contribution in [-0.4, -0.2) is 4.98 Å². The standard InChI is InChI=1S/C13H19N/c1-5-7-11-8-12(10(3)4)9-14-13(11)6-2/h5,7-10H,6H2,1-4H3/b7-5-. The topological polar surface area (TPSA) is 12.9 Å². The quantitative estimate of drug-likeness (QED) is 0.704. The van der Waals surface area contributed by atoms with Gasteiger partial charge in [0.15, 0.2) is 0 Å². The Morgan fingerprint density at radius 3 is 2.64 bits per heavy atom. The highest BCUT2D eigenvalue weighted by Crippen LogP contribution is 2.18. The number of pyridine rings is 1. The van der Waals surface area contributed by atoms with Crippen molar-refractivity contribution in [2.75, 3.05) is 0 Å². The van der Waals surface area contributed by atoms with Crippen LogP contribution < -0.4 is 0 Å². The van der Waals surface area contributed by atoms with Crippen molar-refractivity contribution in [2.24, 2.45) is 0 Å². The molecule has 0 aliphatic rings. The summed E-state index contributed by atoms with van der Waals surface area (Å²) in [6.07, 6.45) is 7.20. The van der Waals surface area contributed by atoms with E-state index in [4.69, 9.17) is 0 Å². The number of rotatable bonds is 3. The molecule has 0 aliphatic carbocycles.